The summed E-state index contributed by atoms with van der Waals surface area (Å²) in [5.41, 5.74) is 3.58. The van der Waals surface area contributed by atoms with Gasteiger partial charge in [0.1, 0.15) is 11.5 Å². The summed E-state index contributed by atoms with van der Waals surface area (Å²) in [5, 5.41) is 9.94. The van der Waals surface area contributed by atoms with Gasteiger partial charge < -0.3 is 24.2 Å². The Hall–Kier alpha value is -2.89. The zero-order valence-electron chi connectivity index (χ0n) is 15.0. The smallest absolute Gasteiger partial charge is 0.258 e. The maximum atomic E-state index is 13.1. The SMILES string of the molecule is COc1cc(O)cc2c1CC1c3ccc(OC)c(OC)c3C(=O)N1CC2. The zero-order valence-corrected chi connectivity index (χ0v) is 15.0. The molecule has 1 N–H and O–H groups in total. The number of amides is 1. The largest absolute Gasteiger partial charge is 0.508 e. The summed E-state index contributed by atoms with van der Waals surface area (Å²) in [7, 11) is 4.71. The summed E-state index contributed by atoms with van der Waals surface area (Å²) in [6.45, 7) is 0.573. The molecule has 0 aliphatic carbocycles. The number of ether oxygens (including phenoxy) is 3. The van der Waals surface area contributed by atoms with Crippen LogP contribution in [0.25, 0.3) is 0 Å². The van der Waals surface area contributed by atoms with Crippen molar-refractivity contribution < 1.29 is 24.1 Å². The highest BCUT2D eigenvalue weighted by molar-refractivity contribution is 6.02. The van der Waals surface area contributed by atoms with Crippen molar-refractivity contribution in [2.24, 2.45) is 0 Å². The van der Waals surface area contributed by atoms with Gasteiger partial charge in [-0.3, -0.25) is 4.79 Å². The molecule has 26 heavy (non-hydrogen) atoms. The first-order valence-electron chi connectivity index (χ1n) is 8.53. The number of nitrogens with zero attached hydrogens (tertiary/aromatic N) is 1. The number of phenols is 1. The van der Waals surface area contributed by atoms with Crippen molar-refractivity contribution >= 4 is 5.91 Å². The molecular weight excluding hydrogens is 334 g/mol. The fraction of sp³-hybridized carbons (Fsp3) is 0.350. The van der Waals surface area contributed by atoms with E-state index in [1.807, 2.05) is 17.0 Å². The van der Waals surface area contributed by atoms with Gasteiger partial charge in [-0.05, 0) is 29.7 Å². The lowest BCUT2D eigenvalue weighted by molar-refractivity contribution is 0.0730. The second kappa shape index (κ2) is 6.12. The molecule has 136 valence electrons. The molecule has 2 aromatic carbocycles. The van der Waals surface area contributed by atoms with Crippen LogP contribution in [0.3, 0.4) is 0 Å². The molecule has 0 bridgehead atoms. The van der Waals surface area contributed by atoms with Gasteiger partial charge in [0.25, 0.3) is 5.91 Å². The molecule has 1 atom stereocenters. The summed E-state index contributed by atoms with van der Waals surface area (Å²) in [6.07, 6.45) is 1.29. The van der Waals surface area contributed by atoms with E-state index in [2.05, 4.69) is 0 Å². The molecule has 1 unspecified atom stereocenters. The fourth-order valence-corrected chi connectivity index (χ4v) is 4.13. The molecular formula is C20H21NO5. The summed E-state index contributed by atoms with van der Waals surface area (Å²) >= 11 is 0. The van der Waals surface area contributed by atoms with Crippen LogP contribution in [0.2, 0.25) is 0 Å². The van der Waals surface area contributed by atoms with Crippen LogP contribution >= 0.6 is 0 Å². The Morgan fingerprint density at radius 1 is 1.08 bits per heavy atom. The van der Waals surface area contributed by atoms with Crippen molar-refractivity contribution in [3.8, 4) is 23.0 Å². The van der Waals surface area contributed by atoms with Crippen LogP contribution in [0.4, 0.5) is 0 Å². The van der Waals surface area contributed by atoms with Gasteiger partial charge in [0.2, 0.25) is 0 Å². The van der Waals surface area contributed by atoms with Crippen LogP contribution < -0.4 is 14.2 Å². The van der Waals surface area contributed by atoms with Crippen molar-refractivity contribution in [1.29, 1.82) is 0 Å². The van der Waals surface area contributed by atoms with Crippen molar-refractivity contribution in [2.45, 2.75) is 18.9 Å². The van der Waals surface area contributed by atoms with Crippen LogP contribution in [0.1, 0.15) is 33.1 Å². The lowest BCUT2D eigenvalue weighted by Crippen LogP contribution is -2.29. The van der Waals surface area contributed by atoms with E-state index in [1.54, 1.807) is 33.5 Å². The number of hydrogen-bond donors (Lipinski definition) is 1. The Morgan fingerprint density at radius 2 is 1.85 bits per heavy atom. The molecule has 0 saturated heterocycles. The number of hydrogen-bond acceptors (Lipinski definition) is 5. The molecule has 6 heteroatoms. The van der Waals surface area contributed by atoms with Crippen molar-refractivity contribution in [2.75, 3.05) is 27.9 Å². The number of aromatic hydroxyl groups is 1. The minimum atomic E-state index is -0.0861. The fourth-order valence-electron chi connectivity index (χ4n) is 4.13. The topological polar surface area (TPSA) is 68.2 Å². The third kappa shape index (κ3) is 2.29. The maximum Gasteiger partial charge on any atom is 0.258 e. The number of benzene rings is 2. The predicted molar refractivity (Wildman–Crippen MR) is 95.4 cm³/mol. The minimum absolute atomic E-state index is 0.0447. The van der Waals surface area contributed by atoms with E-state index < -0.39 is 0 Å². The third-order valence-electron chi connectivity index (χ3n) is 5.31. The van der Waals surface area contributed by atoms with Crippen LogP contribution in [0.5, 0.6) is 23.0 Å². The number of phenolic OH excluding ortho intramolecular Hbond substituents is 1. The lowest BCUT2D eigenvalue weighted by Gasteiger charge is -2.22. The molecule has 2 aliphatic rings. The van der Waals surface area contributed by atoms with Crippen LogP contribution in [0.15, 0.2) is 24.3 Å². The molecule has 4 rings (SSSR count). The minimum Gasteiger partial charge on any atom is -0.508 e. The summed E-state index contributed by atoms with van der Waals surface area (Å²) in [5.74, 6) is 1.84. The normalized spacial score (nSPS) is 17.9. The average molecular weight is 355 g/mol. The van der Waals surface area contributed by atoms with E-state index >= 15 is 0 Å². The summed E-state index contributed by atoms with van der Waals surface area (Å²) in [4.78, 5) is 15.0. The molecule has 0 spiro atoms. The molecule has 0 radical (unpaired) electrons. The molecule has 2 heterocycles. The predicted octanol–water partition coefficient (Wildman–Crippen LogP) is 2.71. The number of carbonyl (C=O) groups is 1. The zero-order chi connectivity index (χ0) is 18.4. The Balaban J connectivity index is 1.85. The summed E-state index contributed by atoms with van der Waals surface area (Å²) in [6, 6.07) is 7.09. The molecule has 0 aromatic heterocycles. The van der Waals surface area contributed by atoms with Crippen molar-refractivity contribution in [3.63, 3.8) is 0 Å². The standard InChI is InChI=1S/C20H21NO5/c1-24-16-5-4-13-15-10-14-11(8-12(22)9-17(14)25-2)6-7-21(15)20(23)18(13)19(16)26-3/h4-5,8-9,15,22H,6-7,10H2,1-3H3. The first-order valence-corrected chi connectivity index (χ1v) is 8.53. The van der Waals surface area contributed by atoms with Gasteiger partial charge in [0, 0.05) is 24.6 Å². The van der Waals surface area contributed by atoms with Crippen LogP contribution in [-0.2, 0) is 12.8 Å². The van der Waals surface area contributed by atoms with Gasteiger partial charge in [0.15, 0.2) is 11.5 Å². The molecule has 2 aromatic rings. The second-order valence-corrected chi connectivity index (χ2v) is 6.52. The number of rotatable bonds is 3. The van der Waals surface area contributed by atoms with Gasteiger partial charge in [0.05, 0.1) is 32.9 Å². The quantitative estimate of drug-likeness (QED) is 0.917. The number of carbonyl (C=O) groups excluding carboxylic acids is 1. The van der Waals surface area contributed by atoms with E-state index in [0.717, 1.165) is 16.7 Å². The Bertz CT molecular complexity index is 892. The van der Waals surface area contributed by atoms with Gasteiger partial charge >= 0.3 is 0 Å². The van der Waals surface area contributed by atoms with Gasteiger partial charge in [-0.15, -0.1) is 0 Å². The molecule has 2 aliphatic heterocycles. The monoisotopic (exact) mass is 355 g/mol. The summed E-state index contributed by atoms with van der Waals surface area (Å²) < 4.78 is 16.3. The van der Waals surface area contributed by atoms with Crippen LogP contribution in [-0.4, -0.2) is 43.8 Å². The van der Waals surface area contributed by atoms with E-state index in [0.29, 0.717) is 42.2 Å². The first-order chi connectivity index (χ1) is 12.6. The van der Waals surface area contributed by atoms with Gasteiger partial charge in [-0.1, -0.05) is 6.07 Å². The highest BCUT2D eigenvalue weighted by Gasteiger charge is 2.42. The third-order valence-corrected chi connectivity index (χ3v) is 5.31. The van der Waals surface area contributed by atoms with E-state index in [4.69, 9.17) is 14.2 Å². The number of methoxy groups -OCH3 is 3. The second-order valence-electron chi connectivity index (χ2n) is 6.52. The molecule has 0 fully saturated rings. The molecule has 0 saturated carbocycles. The maximum absolute atomic E-state index is 13.1. The Morgan fingerprint density at radius 3 is 2.54 bits per heavy atom. The van der Waals surface area contributed by atoms with E-state index in [-0.39, 0.29) is 17.7 Å². The first kappa shape index (κ1) is 16.6. The molecule has 1 amide bonds. The lowest BCUT2D eigenvalue weighted by atomic mass is 9.94. The average Bonchev–Trinajstić information content (AvgIpc) is 2.80. The molecule has 6 nitrogen and oxygen atoms in total. The van der Waals surface area contributed by atoms with Crippen molar-refractivity contribution in [3.05, 3.63) is 46.5 Å². The van der Waals surface area contributed by atoms with Gasteiger partial charge in [-0.2, -0.15) is 0 Å². The Labute approximate surface area is 151 Å². The van der Waals surface area contributed by atoms with Crippen LogP contribution in [0, 0.1) is 0 Å². The number of fused-ring (bicyclic) bond motifs is 4. The highest BCUT2D eigenvalue weighted by Crippen LogP contribution is 2.47. The van der Waals surface area contributed by atoms with Crippen molar-refractivity contribution in [1.82, 2.24) is 4.90 Å². The van der Waals surface area contributed by atoms with Gasteiger partial charge in [-0.25, -0.2) is 0 Å². The van der Waals surface area contributed by atoms with E-state index in [1.165, 1.54) is 0 Å². The Kier molecular flexibility index (Phi) is 3.90. The van der Waals surface area contributed by atoms with E-state index in [9.17, 15) is 9.90 Å². The highest BCUT2D eigenvalue weighted by atomic mass is 16.5.